The van der Waals surface area contributed by atoms with Crippen LogP contribution in [-0.4, -0.2) is 43.5 Å². The highest BCUT2D eigenvalue weighted by Gasteiger charge is 2.18. The maximum absolute atomic E-state index is 12.3. The first-order valence-corrected chi connectivity index (χ1v) is 7.82. The first-order valence-electron chi connectivity index (χ1n) is 7.82. The van der Waals surface area contributed by atoms with E-state index in [4.69, 9.17) is 5.73 Å². The molecule has 118 valence electrons. The third-order valence-electron chi connectivity index (χ3n) is 4.36. The summed E-state index contributed by atoms with van der Waals surface area (Å²) in [5.41, 5.74) is 8.54. The maximum Gasteiger partial charge on any atom is 0.254 e. The Balaban J connectivity index is 1.77. The summed E-state index contributed by atoms with van der Waals surface area (Å²) in [7, 11) is 0. The average molecular weight is 302 g/mol. The largest absolute Gasteiger partial charge is 0.366 e. The summed E-state index contributed by atoms with van der Waals surface area (Å²) < 4.78 is 1.66. The molecule has 1 aliphatic rings. The third-order valence-corrected chi connectivity index (χ3v) is 4.36. The molecule has 0 saturated carbocycles. The Morgan fingerprint density at radius 2 is 1.91 bits per heavy atom. The van der Waals surface area contributed by atoms with Gasteiger partial charge in [-0.1, -0.05) is 0 Å². The molecule has 0 aliphatic carbocycles. The molecular weight excluding hydrogens is 280 g/mol. The molecule has 0 atom stereocenters. The molecule has 0 bridgehead atoms. The van der Waals surface area contributed by atoms with Crippen molar-refractivity contribution in [2.24, 2.45) is 0 Å². The van der Waals surface area contributed by atoms with Gasteiger partial charge in [-0.15, -0.1) is 5.10 Å². The van der Waals surface area contributed by atoms with Crippen LogP contribution in [0.3, 0.4) is 0 Å². The highest BCUT2D eigenvalue weighted by atomic mass is 16.2. The summed E-state index contributed by atoms with van der Waals surface area (Å²) in [4.78, 5) is 22.8. The van der Waals surface area contributed by atoms with Crippen molar-refractivity contribution in [3.8, 4) is 0 Å². The van der Waals surface area contributed by atoms with E-state index >= 15 is 0 Å². The Labute approximate surface area is 129 Å². The molecule has 7 nitrogen and oxygen atoms in total. The van der Waals surface area contributed by atoms with E-state index in [1.165, 1.54) is 6.42 Å². The predicted molar refractivity (Wildman–Crippen MR) is 83.4 cm³/mol. The summed E-state index contributed by atoms with van der Waals surface area (Å²) in [6.07, 6.45) is 4.66. The minimum absolute atomic E-state index is 0.219. The van der Waals surface area contributed by atoms with E-state index in [0.717, 1.165) is 42.9 Å². The quantitative estimate of drug-likeness (QED) is 0.922. The topological polar surface area (TPSA) is 89.4 Å². The number of carbonyl (C=O) groups excluding carboxylic acids is 1. The molecule has 3 rings (SSSR count). The molecule has 22 heavy (non-hydrogen) atoms. The number of aryl methyl sites for hydroxylation is 2. The van der Waals surface area contributed by atoms with E-state index in [0.29, 0.717) is 18.6 Å². The summed E-state index contributed by atoms with van der Waals surface area (Å²) in [6, 6.07) is 0. The van der Waals surface area contributed by atoms with Crippen LogP contribution in [-0.2, 0) is 11.2 Å². The van der Waals surface area contributed by atoms with Crippen LogP contribution in [0.1, 0.15) is 42.6 Å². The summed E-state index contributed by atoms with van der Waals surface area (Å²) >= 11 is 0. The number of aromatic nitrogens is 4. The van der Waals surface area contributed by atoms with Crippen molar-refractivity contribution < 1.29 is 4.79 Å². The van der Waals surface area contributed by atoms with Gasteiger partial charge in [0.15, 0.2) is 0 Å². The van der Waals surface area contributed by atoms with Gasteiger partial charge in [-0.05, 0) is 45.1 Å². The van der Waals surface area contributed by atoms with Crippen LogP contribution < -0.4 is 5.73 Å². The molecule has 0 unspecified atom stereocenters. The van der Waals surface area contributed by atoms with Crippen LogP contribution in [0.25, 0.3) is 5.78 Å². The van der Waals surface area contributed by atoms with Crippen LogP contribution in [0.5, 0.6) is 0 Å². The Hall–Kier alpha value is -2.18. The number of piperidine rings is 1. The minimum atomic E-state index is 0.219. The molecule has 2 N–H and O–H groups in total. The second kappa shape index (κ2) is 5.90. The van der Waals surface area contributed by atoms with Gasteiger partial charge >= 0.3 is 0 Å². The number of amides is 1. The van der Waals surface area contributed by atoms with Gasteiger partial charge in [0.05, 0.1) is 0 Å². The number of nitrogens with two attached hydrogens (primary N) is 1. The molecule has 0 spiro atoms. The molecule has 1 fully saturated rings. The van der Waals surface area contributed by atoms with Gasteiger partial charge in [-0.25, -0.2) is 4.98 Å². The number of nitrogens with zero attached hydrogens (tertiary/aromatic N) is 5. The van der Waals surface area contributed by atoms with Gasteiger partial charge in [0.1, 0.15) is 0 Å². The summed E-state index contributed by atoms with van der Waals surface area (Å²) in [5.74, 6) is 0.965. The van der Waals surface area contributed by atoms with Crippen LogP contribution in [0, 0.1) is 13.8 Å². The van der Waals surface area contributed by atoms with Crippen molar-refractivity contribution in [2.75, 3.05) is 18.8 Å². The number of nitrogen functional groups attached to an aromatic ring is 1. The van der Waals surface area contributed by atoms with E-state index in [1.807, 2.05) is 18.7 Å². The minimum Gasteiger partial charge on any atom is -0.366 e. The fraction of sp³-hybridized carbons (Fsp3) is 0.600. The average Bonchev–Trinajstić information content (AvgIpc) is 2.88. The monoisotopic (exact) mass is 302 g/mol. The predicted octanol–water partition coefficient (Wildman–Crippen LogP) is 1.27. The van der Waals surface area contributed by atoms with Gasteiger partial charge in [0, 0.05) is 30.9 Å². The van der Waals surface area contributed by atoms with Gasteiger partial charge in [-0.2, -0.15) is 9.50 Å². The van der Waals surface area contributed by atoms with Gasteiger partial charge < -0.3 is 10.6 Å². The zero-order chi connectivity index (χ0) is 15.7. The SMILES string of the molecule is Cc1nc2nc(N)nn2c(C)c1CCC(=O)N1CCCCC1. The molecule has 3 heterocycles. The number of hydrogen-bond acceptors (Lipinski definition) is 5. The maximum atomic E-state index is 12.3. The second-order valence-electron chi connectivity index (χ2n) is 5.88. The summed E-state index contributed by atoms with van der Waals surface area (Å²) in [5, 5.41) is 4.16. The van der Waals surface area contributed by atoms with E-state index in [9.17, 15) is 4.79 Å². The molecule has 1 amide bonds. The molecule has 0 radical (unpaired) electrons. The lowest BCUT2D eigenvalue weighted by atomic mass is 10.0. The Morgan fingerprint density at radius 3 is 2.64 bits per heavy atom. The highest BCUT2D eigenvalue weighted by Crippen LogP contribution is 2.17. The number of fused-ring (bicyclic) bond motifs is 1. The molecule has 2 aromatic rings. The van der Waals surface area contributed by atoms with Gasteiger partial charge in [0.2, 0.25) is 11.9 Å². The van der Waals surface area contributed by atoms with Crippen LogP contribution in [0.2, 0.25) is 0 Å². The second-order valence-corrected chi connectivity index (χ2v) is 5.88. The Morgan fingerprint density at radius 1 is 1.18 bits per heavy atom. The standard InChI is InChI=1S/C15H22N6O/c1-10-12(6-7-13(22)20-8-4-3-5-9-20)11(2)21-15(17-10)18-14(16)19-21/h3-9H2,1-2H3,(H2,16,19). The van der Waals surface area contributed by atoms with Crippen molar-refractivity contribution in [1.29, 1.82) is 0 Å². The lowest BCUT2D eigenvalue weighted by Gasteiger charge is -2.26. The fourth-order valence-corrected chi connectivity index (χ4v) is 3.12. The van der Waals surface area contributed by atoms with Crippen molar-refractivity contribution in [1.82, 2.24) is 24.5 Å². The zero-order valence-electron chi connectivity index (χ0n) is 13.2. The highest BCUT2D eigenvalue weighted by molar-refractivity contribution is 5.76. The summed E-state index contributed by atoms with van der Waals surface area (Å²) in [6.45, 7) is 5.70. The third kappa shape index (κ3) is 2.75. The molecule has 1 saturated heterocycles. The molecule has 0 aromatic carbocycles. The number of likely N-dealkylation sites (tertiary alicyclic amines) is 1. The Bertz CT molecular complexity index is 702. The molecule has 1 aliphatic heterocycles. The van der Waals surface area contributed by atoms with Crippen molar-refractivity contribution in [3.63, 3.8) is 0 Å². The number of hydrogen-bond donors (Lipinski definition) is 1. The first-order chi connectivity index (χ1) is 10.6. The lowest BCUT2D eigenvalue weighted by molar-refractivity contribution is -0.132. The Kier molecular flexibility index (Phi) is 3.96. The molecular formula is C15H22N6O. The van der Waals surface area contributed by atoms with E-state index in [-0.39, 0.29) is 11.9 Å². The fourth-order valence-electron chi connectivity index (χ4n) is 3.12. The molecule has 7 heteroatoms. The van der Waals surface area contributed by atoms with E-state index < -0.39 is 0 Å². The first kappa shape index (κ1) is 14.7. The van der Waals surface area contributed by atoms with E-state index in [1.54, 1.807) is 4.52 Å². The smallest absolute Gasteiger partial charge is 0.254 e. The zero-order valence-corrected chi connectivity index (χ0v) is 13.2. The van der Waals surface area contributed by atoms with Crippen LogP contribution >= 0.6 is 0 Å². The molecule has 2 aromatic heterocycles. The van der Waals surface area contributed by atoms with Crippen molar-refractivity contribution >= 4 is 17.6 Å². The van der Waals surface area contributed by atoms with Crippen molar-refractivity contribution in [2.45, 2.75) is 46.0 Å². The van der Waals surface area contributed by atoms with Crippen LogP contribution in [0.15, 0.2) is 0 Å². The van der Waals surface area contributed by atoms with Crippen molar-refractivity contribution in [3.05, 3.63) is 17.0 Å². The normalized spacial score (nSPS) is 15.5. The number of rotatable bonds is 3. The van der Waals surface area contributed by atoms with E-state index in [2.05, 4.69) is 15.1 Å². The number of carbonyl (C=O) groups is 1. The van der Waals surface area contributed by atoms with Gasteiger partial charge in [0.25, 0.3) is 5.78 Å². The van der Waals surface area contributed by atoms with Gasteiger partial charge in [-0.3, -0.25) is 4.79 Å². The lowest BCUT2D eigenvalue weighted by Crippen LogP contribution is -2.35. The van der Waals surface area contributed by atoms with Crippen LogP contribution in [0.4, 0.5) is 5.95 Å². The number of anilines is 1.